The SMILES string of the molecule is CN1CCC(c2ccnc(CCCN)n2)CC1. The minimum atomic E-state index is 0.617. The highest BCUT2D eigenvalue weighted by Gasteiger charge is 2.19. The molecule has 1 aromatic rings. The normalized spacial score (nSPS) is 18.5. The van der Waals surface area contributed by atoms with Crippen LogP contribution in [0.25, 0.3) is 0 Å². The third-order valence-electron chi connectivity index (χ3n) is 3.47. The molecule has 0 spiro atoms. The van der Waals surface area contributed by atoms with Crippen LogP contribution in [-0.2, 0) is 6.42 Å². The van der Waals surface area contributed by atoms with Crippen LogP contribution in [0, 0.1) is 0 Å². The summed E-state index contributed by atoms with van der Waals surface area (Å²) < 4.78 is 0. The average Bonchev–Trinajstić information content (AvgIpc) is 2.37. The molecular weight excluding hydrogens is 212 g/mol. The number of rotatable bonds is 4. The number of nitrogens with two attached hydrogens (primary N) is 1. The zero-order valence-electron chi connectivity index (χ0n) is 10.6. The first-order chi connectivity index (χ1) is 8.29. The van der Waals surface area contributed by atoms with Crippen molar-refractivity contribution in [3.05, 3.63) is 23.8 Å². The van der Waals surface area contributed by atoms with Gasteiger partial charge in [0.25, 0.3) is 0 Å². The van der Waals surface area contributed by atoms with Crippen LogP contribution < -0.4 is 5.73 Å². The lowest BCUT2D eigenvalue weighted by molar-refractivity contribution is 0.253. The molecule has 2 heterocycles. The Bertz CT molecular complexity index is 345. The van der Waals surface area contributed by atoms with Crippen LogP contribution in [0.4, 0.5) is 0 Å². The monoisotopic (exact) mass is 234 g/mol. The molecule has 0 atom stereocenters. The minimum absolute atomic E-state index is 0.617. The molecule has 0 radical (unpaired) electrons. The van der Waals surface area contributed by atoms with Gasteiger partial charge in [0.1, 0.15) is 5.82 Å². The molecule has 0 unspecified atom stereocenters. The molecule has 0 saturated carbocycles. The Kier molecular flexibility index (Phi) is 4.45. The molecule has 2 rings (SSSR count). The first kappa shape index (κ1) is 12.5. The second-order valence-electron chi connectivity index (χ2n) is 4.87. The Hall–Kier alpha value is -1.00. The van der Waals surface area contributed by atoms with Crippen LogP contribution >= 0.6 is 0 Å². The van der Waals surface area contributed by atoms with Crippen LogP contribution in [-0.4, -0.2) is 41.5 Å². The van der Waals surface area contributed by atoms with E-state index in [4.69, 9.17) is 5.73 Å². The lowest BCUT2D eigenvalue weighted by atomic mass is 9.93. The zero-order chi connectivity index (χ0) is 12.1. The van der Waals surface area contributed by atoms with E-state index in [1.165, 1.54) is 31.6 Å². The Morgan fingerprint density at radius 2 is 2.18 bits per heavy atom. The fourth-order valence-electron chi connectivity index (χ4n) is 2.33. The minimum Gasteiger partial charge on any atom is -0.330 e. The largest absolute Gasteiger partial charge is 0.330 e. The van der Waals surface area contributed by atoms with Crippen LogP contribution in [0.2, 0.25) is 0 Å². The lowest BCUT2D eigenvalue weighted by Crippen LogP contribution is -2.29. The fourth-order valence-corrected chi connectivity index (χ4v) is 2.33. The molecule has 17 heavy (non-hydrogen) atoms. The summed E-state index contributed by atoms with van der Waals surface area (Å²) >= 11 is 0. The van der Waals surface area contributed by atoms with Crippen molar-refractivity contribution in [2.24, 2.45) is 5.73 Å². The third-order valence-corrected chi connectivity index (χ3v) is 3.47. The van der Waals surface area contributed by atoms with Gasteiger partial charge in [-0.25, -0.2) is 9.97 Å². The summed E-state index contributed by atoms with van der Waals surface area (Å²) in [5, 5.41) is 0. The highest BCUT2D eigenvalue weighted by atomic mass is 15.1. The average molecular weight is 234 g/mol. The molecule has 1 aliphatic heterocycles. The van der Waals surface area contributed by atoms with Gasteiger partial charge >= 0.3 is 0 Å². The first-order valence-electron chi connectivity index (χ1n) is 6.50. The van der Waals surface area contributed by atoms with E-state index in [9.17, 15) is 0 Å². The molecule has 4 heteroatoms. The van der Waals surface area contributed by atoms with Crippen LogP contribution in [0.5, 0.6) is 0 Å². The second kappa shape index (κ2) is 6.07. The summed E-state index contributed by atoms with van der Waals surface area (Å²) in [4.78, 5) is 11.4. The molecule has 2 N–H and O–H groups in total. The highest BCUT2D eigenvalue weighted by molar-refractivity contribution is 5.10. The molecule has 1 aliphatic rings. The molecule has 0 aromatic carbocycles. The summed E-state index contributed by atoms with van der Waals surface area (Å²) in [6.07, 6.45) is 6.19. The zero-order valence-corrected chi connectivity index (χ0v) is 10.6. The maximum absolute atomic E-state index is 5.51. The number of likely N-dealkylation sites (tertiary alicyclic amines) is 1. The highest BCUT2D eigenvalue weighted by Crippen LogP contribution is 2.25. The number of aryl methyl sites for hydroxylation is 1. The van der Waals surface area contributed by atoms with E-state index in [0.717, 1.165) is 18.7 Å². The Labute approximate surface area is 103 Å². The van der Waals surface area contributed by atoms with E-state index in [-0.39, 0.29) is 0 Å². The van der Waals surface area contributed by atoms with E-state index in [2.05, 4.69) is 28.0 Å². The number of hydrogen-bond acceptors (Lipinski definition) is 4. The number of hydrogen-bond donors (Lipinski definition) is 1. The van der Waals surface area contributed by atoms with Gasteiger partial charge in [0.05, 0.1) is 0 Å². The number of piperidine rings is 1. The van der Waals surface area contributed by atoms with E-state index < -0.39 is 0 Å². The number of aromatic nitrogens is 2. The summed E-state index contributed by atoms with van der Waals surface area (Å²) in [5.41, 5.74) is 6.73. The van der Waals surface area contributed by atoms with E-state index in [0.29, 0.717) is 12.5 Å². The fraction of sp³-hybridized carbons (Fsp3) is 0.692. The Balaban J connectivity index is 2.00. The first-order valence-corrected chi connectivity index (χ1v) is 6.50. The smallest absolute Gasteiger partial charge is 0.128 e. The molecule has 0 amide bonds. The van der Waals surface area contributed by atoms with E-state index in [1.54, 1.807) is 0 Å². The Morgan fingerprint density at radius 3 is 2.88 bits per heavy atom. The van der Waals surface area contributed by atoms with Gasteiger partial charge in [-0.1, -0.05) is 0 Å². The Morgan fingerprint density at radius 1 is 1.41 bits per heavy atom. The lowest BCUT2D eigenvalue weighted by Gasteiger charge is -2.28. The molecule has 4 nitrogen and oxygen atoms in total. The van der Waals surface area contributed by atoms with Gasteiger partial charge < -0.3 is 10.6 Å². The van der Waals surface area contributed by atoms with Gasteiger partial charge in [-0.15, -0.1) is 0 Å². The topological polar surface area (TPSA) is 55.0 Å². The molecule has 0 aliphatic carbocycles. The van der Waals surface area contributed by atoms with Crippen LogP contribution in [0.1, 0.15) is 36.7 Å². The summed E-state index contributed by atoms with van der Waals surface area (Å²) in [5.74, 6) is 1.57. The predicted octanol–water partition coefficient (Wildman–Crippen LogP) is 1.18. The third kappa shape index (κ3) is 3.48. The summed E-state index contributed by atoms with van der Waals surface area (Å²) in [6.45, 7) is 3.06. The molecule has 94 valence electrons. The van der Waals surface area contributed by atoms with Crippen molar-refractivity contribution in [1.82, 2.24) is 14.9 Å². The summed E-state index contributed by atoms with van der Waals surface area (Å²) in [6, 6.07) is 2.07. The van der Waals surface area contributed by atoms with Gasteiger partial charge in [0, 0.05) is 24.2 Å². The van der Waals surface area contributed by atoms with Crippen molar-refractivity contribution in [3.8, 4) is 0 Å². The van der Waals surface area contributed by atoms with Crippen molar-refractivity contribution in [2.45, 2.75) is 31.6 Å². The van der Waals surface area contributed by atoms with E-state index in [1.807, 2.05) is 6.20 Å². The second-order valence-corrected chi connectivity index (χ2v) is 4.87. The predicted molar refractivity (Wildman–Crippen MR) is 68.9 cm³/mol. The van der Waals surface area contributed by atoms with Gasteiger partial charge in [0.15, 0.2) is 0 Å². The molecule has 1 saturated heterocycles. The van der Waals surface area contributed by atoms with E-state index >= 15 is 0 Å². The van der Waals surface area contributed by atoms with Crippen molar-refractivity contribution in [2.75, 3.05) is 26.7 Å². The van der Waals surface area contributed by atoms with Gasteiger partial charge in [-0.3, -0.25) is 0 Å². The maximum Gasteiger partial charge on any atom is 0.128 e. The standard InChI is InChI=1S/C13H22N4/c1-17-9-5-11(6-10-17)12-4-8-15-13(16-12)3-2-7-14/h4,8,11H,2-3,5-7,9-10,14H2,1H3. The molecule has 1 aromatic heterocycles. The number of nitrogens with zero attached hydrogens (tertiary/aromatic N) is 3. The van der Waals surface area contributed by atoms with Crippen LogP contribution in [0.15, 0.2) is 12.3 Å². The van der Waals surface area contributed by atoms with Gasteiger partial charge in [0.2, 0.25) is 0 Å². The molecule has 1 fully saturated rings. The quantitative estimate of drug-likeness (QED) is 0.850. The van der Waals surface area contributed by atoms with Crippen molar-refractivity contribution >= 4 is 0 Å². The van der Waals surface area contributed by atoms with Crippen molar-refractivity contribution in [1.29, 1.82) is 0 Å². The van der Waals surface area contributed by atoms with Crippen LogP contribution in [0.3, 0.4) is 0 Å². The summed E-state index contributed by atoms with van der Waals surface area (Å²) in [7, 11) is 2.18. The van der Waals surface area contributed by atoms with Crippen molar-refractivity contribution < 1.29 is 0 Å². The molecule has 0 bridgehead atoms. The van der Waals surface area contributed by atoms with Gasteiger partial charge in [-0.05, 0) is 52.0 Å². The van der Waals surface area contributed by atoms with Gasteiger partial charge in [-0.2, -0.15) is 0 Å². The maximum atomic E-state index is 5.51. The van der Waals surface area contributed by atoms with Crippen molar-refractivity contribution in [3.63, 3.8) is 0 Å². The molecular formula is C13H22N4.